The third-order valence-corrected chi connectivity index (χ3v) is 2.95. The van der Waals surface area contributed by atoms with Gasteiger partial charge in [0.2, 0.25) is 0 Å². The van der Waals surface area contributed by atoms with E-state index in [1.54, 1.807) is 6.07 Å². The topological polar surface area (TPSA) is 85.2 Å². The maximum Gasteiger partial charge on any atom is 0.341 e. The molecule has 104 valence electrons. The lowest BCUT2D eigenvalue weighted by atomic mass is 10.2. The molecular formula is C15H11N3O3. The van der Waals surface area contributed by atoms with Crippen molar-refractivity contribution < 1.29 is 14.6 Å². The largest absolute Gasteiger partial charge is 0.477 e. The summed E-state index contributed by atoms with van der Waals surface area (Å²) in [5, 5.41) is 17.4. The zero-order valence-electron chi connectivity index (χ0n) is 11.1. The summed E-state index contributed by atoms with van der Waals surface area (Å²) >= 11 is 0. The van der Waals surface area contributed by atoms with E-state index in [1.807, 2.05) is 31.2 Å². The Labute approximate surface area is 120 Å². The minimum atomic E-state index is -1.12. The Kier molecular flexibility index (Phi) is 3.19. The number of aryl methyl sites for hydroxylation is 1. The number of carboxylic acids is 1. The van der Waals surface area contributed by atoms with Crippen molar-refractivity contribution in [1.82, 2.24) is 15.2 Å². The van der Waals surface area contributed by atoms with Gasteiger partial charge < -0.3 is 9.84 Å². The minimum Gasteiger partial charge on any atom is -0.477 e. The molecule has 2 heterocycles. The van der Waals surface area contributed by atoms with E-state index < -0.39 is 5.97 Å². The molecule has 0 spiro atoms. The Morgan fingerprint density at radius 1 is 1.19 bits per heavy atom. The molecule has 0 bridgehead atoms. The maximum atomic E-state index is 11.2. The Hall–Kier alpha value is -3.02. The fourth-order valence-corrected chi connectivity index (χ4v) is 1.96. The van der Waals surface area contributed by atoms with Gasteiger partial charge in [-0.25, -0.2) is 9.78 Å². The van der Waals surface area contributed by atoms with Crippen LogP contribution in [0, 0.1) is 6.92 Å². The van der Waals surface area contributed by atoms with E-state index in [4.69, 9.17) is 9.84 Å². The van der Waals surface area contributed by atoms with Gasteiger partial charge >= 0.3 is 5.97 Å². The summed E-state index contributed by atoms with van der Waals surface area (Å²) < 4.78 is 5.62. The molecule has 2 aromatic heterocycles. The molecule has 1 aromatic carbocycles. The fourth-order valence-electron chi connectivity index (χ4n) is 1.96. The van der Waals surface area contributed by atoms with Gasteiger partial charge in [0.05, 0.1) is 6.20 Å². The van der Waals surface area contributed by atoms with E-state index >= 15 is 0 Å². The number of aromatic nitrogens is 3. The highest BCUT2D eigenvalue weighted by atomic mass is 16.5. The van der Waals surface area contributed by atoms with E-state index in [9.17, 15) is 4.79 Å². The highest BCUT2D eigenvalue weighted by Crippen LogP contribution is 2.29. The lowest BCUT2D eigenvalue weighted by Crippen LogP contribution is -2.03. The van der Waals surface area contributed by atoms with Crippen LogP contribution in [-0.2, 0) is 0 Å². The standard InChI is InChI=1S/C15H11N3O3/c1-9-5-6-10-3-2-4-12(13(10)17-9)21-14-11(15(19)20)7-8-16-18-14/h2-8H,1H3,(H,19,20). The van der Waals surface area contributed by atoms with Gasteiger partial charge in [0, 0.05) is 11.1 Å². The number of pyridine rings is 1. The van der Waals surface area contributed by atoms with Crippen LogP contribution in [0.15, 0.2) is 42.6 Å². The molecule has 3 rings (SSSR count). The van der Waals surface area contributed by atoms with Crippen molar-refractivity contribution in [2.24, 2.45) is 0 Å². The SMILES string of the molecule is Cc1ccc2cccc(Oc3nnccc3C(=O)O)c2n1. The number of nitrogens with zero attached hydrogens (tertiary/aromatic N) is 3. The second kappa shape index (κ2) is 5.16. The summed E-state index contributed by atoms with van der Waals surface area (Å²) in [4.78, 5) is 15.6. The molecule has 0 amide bonds. The molecule has 0 saturated heterocycles. The van der Waals surface area contributed by atoms with Crippen LogP contribution in [0.1, 0.15) is 16.1 Å². The normalized spacial score (nSPS) is 10.5. The van der Waals surface area contributed by atoms with Crippen LogP contribution < -0.4 is 4.74 Å². The number of hydrogen-bond donors (Lipinski definition) is 1. The predicted molar refractivity (Wildman–Crippen MR) is 75.5 cm³/mol. The first kappa shape index (κ1) is 13.0. The van der Waals surface area contributed by atoms with E-state index in [0.717, 1.165) is 11.1 Å². The highest BCUT2D eigenvalue weighted by molar-refractivity contribution is 5.90. The Morgan fingerprint density at radius 3 is 2.86 bits per heavy atom. The molecule has 0 unspecified atom stereocenters. The van der Waals surface area contributed by atoms with Gasteiger partial charge in [0.15, 0.2) is 5.75 Å². The van der Waals surface area contributed by atoms with Crippen molar-refractivity contribution in [3.05, 3.63) is 53.9 Å². The molecule has 0 fully saturated rings. The van der Waals surface area contributed by atoms with Gasteiger partial charge in [-0.2, -0.15) is 5.10 Å². The first-order chi connectivity index (χ1) is 10.1. The third-order valence-electron chi connectivity index (χ3n) is 2.95. The van der Waals surface area contributed by atoms with Crippen LogP contribution in [0.3, 0.4) is 0 Å². The summed E-state index contributed by atoms with van der Waals surface area (Å²) in [6, 6.07) is 10.6. The molecule has 3 aromatic rings. The van der Waals surface area contributed by atoms with Crippen molar-refractivity contribution in [2.45, 2.75) is 6.92 Å². The Morgan fingerprint density at radius 2 is 2.05 bits per heavy atom. The Bertz CT molecular complexity index is 833. The van der Waals surface area contributed by atoms with Gasteiger partial charge in [0.25, 0.3) is 5.88 Å². The minimum absolute atomic E-state index is 0.0466. The predicted octanol–water partition coefficient (Wildman–Crippen LogP) is 2.82. The molecule has 0 radical (unpaired) electrons. The Balaban J connectivity index is 2.11. The van der Waals surface area contributed by atoms with E-state index in [0.29, 0.717) is 11.3 Å². The number of para-hydroxylation sites is 1. The molecular weight excluding hydrogens is 270 g/mol. The second-order valence-corrected chi connectivity index (χ2v) is 4.44. The van der Waals surface area contributed by atoms with Crippen LogP contribution in [0.4, 0.5) is 0 Å². The maximum absolute atomic E-state index is 11.2. The van der Waals surface area contributed by atoms with Crippen LogP contribution in [0.25, 0.3) is 10.9 Å². The number of aromatic carboxylic acids is 1. The van der Waals surface area contributed by atoms with Crippen LogP contribution in [-0.4, -0.2) is 26.3 Å². The number of carboxylic acid groups (broad SMARTS) is 1. The van der Waals surface area contributed by atoms with Gasteiger partial charge in [0.1, 0.15) is 11.1 Å². The van der Waals surface area contributed by atoms with E-state index in [-0.39, 0.29) is 11.4 Å². The second-order valence-electron chi connectivity index (χ2n) is 4.44. The van der Waals surface area contributed by atoms with E-state index in [2.05, 4.69) is 15.2 Å². The zero-order valence-corrected chi connectivity index (χ0v) is 11.1. The van der Waals surface area contributed by atoms with E-state index in [1.165, 1.54) is 12.3 Å². The fraction of sp³-hybridized carbons (Fsp3) is 0.0667. The zero-order chi connectivity index (χ0) is 14.8. The summed E-state index contributed by atoms with van der Waals surface area (Å²) in [5.74, 6) is -0.732. The molecule has 0 atom stereocenters. The van der Waals surface area contributed by atoms with Crippen LogP contribution in [0.5, 0.6) is 11.6 Å². The third kappa shape index (κ3) is 2.51. The molecule has 6 heteroatoms. The number of benzene rings is 1. The molecule has 0 aliphatic rings. The summed E-state index contributed by atoms with van der Waals surface area (Å²) in [6.45, 7) is 1.88. The van der Waals surface area contributed by atoms with Crippen molar-refractivity contribution in [3.63, 3.8) is 0 Å². The van der Waals surface area contributed by atoms with Crippen molar-refractivity contribution in [1.29, 1.82) is 0 Å². The monoisotopic (exact) mass is 281 g/mol. The van der Waals surface area contributed by atoms with Crippen LogP contribution in [0.2, 0.25) is 0 Å². The molecule has 0 saturated carbocycles. The average Bonchev–Trinajstić information content (AvgIpc) is 2.48. The number of rotatable bonds is 3. The number of hydrogen-bond acceptors (Lipinski definition) is 5. The molecule has 0 aliphatic carbocycles. The lowest BCUT2D eigenvalue weighted by molar-refractivity contribution is 0.0693. The average molecular weight is 281 g/mol. The van der Waals surface area contributed by atoms with Crippen molar-refractivity contribution in [2.75, 3.05) is 0 Å². The van der Waals surface area contributed by atoms with Gasteiger partial charge in [-0.05, 0) is 25.1 Å². The summed E-state index contributed by atoms with van der Waals surface area (Å²) in [7, 11) is 0. The molecule has 1 N–H and O–H groups in total. The summed E-state index contributed by atoms with van der Waals surface area (Å²) in [6.07, 6.45) is 1.31. The lowest BCUT2D eigenvalue weighted by Gasteiger charge is -2.09. The number of carbonyl (C=O) groups is 1. The van der Waals surface area contributed by atoms with Gasteiger partial charge in [-0.1, -0.05) is 18.2 Å². The van der Waals surface area contributed by atoms with Crippen LogP contribution >= 0.6 is 0 Å². The summed E-state index contributed by atoms with van der Waals surface area (Å²) in [5.41, 5.74) is 1.45. The first-order valence-corrected chi connectivity index (χ1v) is 6.24. The molecule has 0 aliphatic heterocycles. The number of fused-ring (bicyclic) bond motifs is 1. The number of ether oxygens (including phenoxy) is 1. The van der Waals surface area contributed by atoms with Gasteiger partial charge in [-0.3, -0.25) is 0 Å². The first-order valence-electron chi connectivity index (χ1n) is 6.24. The molecule has 21 heavy (non-hydrogen) atoms. The van der Waals surface area contributed by atoms with Crippen molar-refractivity contribution >= 4 is 16.9 Å². The quantitative estimate of drug-likeness (QED) is 0.794. The smallest absolute Gasteiger partial charge is 0.341 e. The highest BCUT2D eigenvalue weighted by Gasteiger charge is 2.15. The molecule has 6 nitrogen and oxygen atoms in total. The van der Waals surface area contributed by atoms with Crippen molar-refractivity contribution in [3.8, 4) is 11.6 Å². The van der Waals surface area contributed by atoms with Gasteiger partial charge in [-0.15, -0.1) is 5.10 Å².